The Morgan fingerprint density at radius 3 is 2.21 bits per heavy atom. The van der Waals surface area contributed by atoms with Gasteiger partial charge in [-0.05, 0) is 43.2 Å². The van der Waals surface area contributed by atoms with E-state index in [1.807, 2.05) is 0 Å². The molecule has 2 fully saturated rings. The minimum Gasteiger partial charge on any atom is -0.328 e. The van der Waals surface area contributed by atoms with Gasteiger partial charge in [0, 0.05) is 24.7 Å². The predicted molar refractivity (Wildman–Crippen MR) is 80.0 cm³/mol. The lowest BCUT2D eigenvalue weighted by atomic mass is 9.82. The molecule has 2 heteroatoms. The molecule has 2 saturated heterocycles. The van der Waals surface area contributed by atoms with E-state index in [1.165, 1.54) is 43.2 Å². The Balaban J connectivity index is 1.71. The summed E-state index contributed by atoms with van der Waals surface area (Å²) in [5.41, 5.74) is 9.09. The van der Waals surface area contributed by atoms with E-state index in [4.69, 9.17) is 5.73 Å². The largest absolute Gasteiger partial charge is 0.328 e. The Morgan fingerprint density at radius 1 is 1.05 bits per heavy atom. The predicted octanol–water partition coefficient (Wildman–Crippen LogP) is 3.09. The molecule has 3 rings (SSSR count). The summed E-state index contributed by atoms with van der Waals surface area (Å²) in [5, 5.41) is 0. The molecule has 0 amide bonds. The van der Waals surface area contributed by atoms with Gasteiger partial charge in [-0.3, -0.25) is 4.90 Å². The molecule has 2 aliphatic heterocycles. The molecule has 2 aliphatic rings. The Labute approximate surface area is 117 Å². The smallest absolute Gasteiger partial charge is 0.0239 e. The van der Waals surface area contributed by atoms with Crippen LogP contribution in [0, 0.1) is 0 Å². The molecular weight excluding hydrogens is 232 g/mol. The van der Waals surface area contributed by atoms with Crippen LogP contribution in [0.15, 0.2) is 24.3 Å². The van der Waals surface area contributed by atoms with Crippen molar-refractivity contribution < 1.29 is 0 Å². The summed E-state index contributed by atoms with van der Waals surface area (Å²) in [6.45, 7) is 3.33. The third kappa shape index (κ3) is 2.85. The Morgan fingerprint density at radius 2 is 1.63 bits per heavy atom. The first-order valence-corrected chi connectivity index (χ1v) is 7.85. The molecule has 104 valence electrons. The van der Waals surface area contributed by atoms with Crippen molar-refractivity contribution in [2.75, 3.05) is 0 Å². The van der Waals surface area contributed by atoms with Crippen LogP contribution in [-0.2, 0) is 13.0 Å². The molecule has 1 aromatic carbocycles. The molecule has 2 unspecified atom stereocenters. The average molecular weight is 258 g/mol. The number of nitrogens with two attached hydrogens (primary N) is 1. The van der Waals surface area contributed by atoms with Gasteiger partial charge >= 0.3 is 0 Å². The van der Waals surface area contributed by atoms with Crippen LogP contribution in [-0.4, -0.2) is 23.0 Å². The maximum absolute atomic E-state index is 6.19. The van der Waals surface area contributed by atoms with Crippen LogP contribution in [0.2, 0.25) is 0 Å². The van der Waals surface area contributed by atoms with E-state index < -0.39 is 0 Å². The van der Waals surface area contributed by atoms with Gasteiger partial charge < -0.3 is 5.73 Å². The summed E-state index contributed by atoms with van der Waals surface area (Å²) in [4.78, 5) is 2.73. The summed E-state index contributed by atoms with van der Waals surface area (Å²) in [6.07, 6.45) is 7.61. The molecule has 0 aliphatic carbocycles. The Bertz CT molecular complexity index is 398. The highest BCUT2D eigenvalue weighted by Gasteiger charge is 2.36. The van der Waals surface area contributed by atoms with Gasteiger partial charge in [0.05, 0.1) is 0 Å². The summed E-state index contributed by atoms with van der Waals surface area (Å²) < 4.78 is 0. The third-order valence-corrected chi connectivity index (χ3v) is 4.96. The standard InChI is InChI=1S/C17H26N2/c1-2-13-6-8-14(9-7-13)12-19-16-4-3-5-17(19)11-15(18)10-16/h6-9,15-17H,2-5,10-12,18H2,1H3. The zero-order chi connectivity index (χ0) is 13.2. The van der Waals surface area contributed by atoms with Gasteiger partial charge in [-0.2, -0.15) is 0 Å². The van der Waals surface area contributed by atoms with Crippen molar-refractivity contribution in [2.24, 2.45) is 5.73 Å². The molecule has 2 nitrogen and oxygen atoms in total. The van der Waals surface area contributed by atoms with Crippen molar-refractivity contribution in [1.82, 2.24) is 4.90 Å². The third-order valence-electron chi connectivity index (χ3n) is 4.96. The number of piperidine rings is 2. The van der Waals surface area contributed by atoms with Crippen molar-refractivity contribution in [3.63, 3.8) is 0 Å². The fourth-order valence-electron chi connectivity index (χ4n) is 3.87. The molecule has 0 radical (unpaired) electrons. The normalized spacial score (nSPS) is 31.4. The van der Waals surface area contributed by atoms with Crippen LogP contribution in [0.5, 0.6) is 0 Å². The molecule has 19 heavy (non-hydrogen) atoms. The van der Waals surface area contributed by atoms with Gasteiger partial charge in [0.25, 0.3) is 0 Å². The number of rotatable bonds is 3. The first-order chi connectivity index (χ1) is 9.26. The Kier molecular flexibility index (Phi) is 3.90. The van der Waals surface area contributed by atoms with E-state index in [0.717, 1.165) is 25.0 Å². The monoisotopic (exact) mass is 258 g/mol. The number of aryl methyl sites for hydroxylation is 1. The van der Waals surface area contributed by atoms with Crippen LogP contribution >= 0.6 is 0 Å². The van der Waals surface area contributed by atoms with Crippen LogP contribution in [0.25, 0.3) is 0 Å². The minimum atomic E-state index is 0.439. The number of nitrogens with zero attached hydrogens (tertiary/aromatic N) is 1. The molecule has 0 aromatic heterocycles. The number of benzene rings is 1. The highest BCUT2D eigenvalue weighted by atomic mass is 15.2. The van der Waals surface area contributed by atoms with E-state index >= 15 is 0 Å². The molecule has 1 aromatic rings. The van der Waals surface area contributed by atoms with Crippen LogP contribution in [0.4, 0.5) is 0 Å². The Hall–Kier alpha value is -0.860. The lowest BCUT2D eigenvalue weighted by Gasteiger charge is -2.48. The van der Waals surface area contributed by atoms with E-state index in [0.29, 0.717) is 6.04 Å². The highest BCUT2D eigenvalue weighted by molar-refractivity contribution is 5.22. The molecule has 2 heterocycles. The second-order valence-corrected chi connectivity index (χ2v) is 6.31. The zero-order valence-corrected chi connectivity index (χ0v) is 12.0. The van der Waals surface area contributed by atoms with Crippen molar-refractivity contribution in [3.8, 4) is 0 Å². The first kappa shape index (κ1) is 13.1. The van der Waals surface area contributed by atoms with Gasteiger partial charge in [-0.15, -0.1) is 0 Å². The van der Waals surface area contributed by atoms with Gasteiger partial charge in [0.1, 0.15) is 0 Å². The summed E-state index contributed by atoms with van der Waals surface area (Å²) in [7, 11) is 0. The van der Waals surface area contributed by atoms with Crippen LogP contribution in [0.1, 0.15) is 50.2 Å². The van der Waals surface area contributed by atoms with Gasteiger partial charge in [0.15, 0.2) is 0 Å². The van der Waals surface area contributed by atoms with Crippen molar-refractivity contribution in [1.29, 1.82) is 0 Å². The maximum Gasteiger partial charge on any atom is 0.0239 e. The fraction of sp³-hybridized carbons (Fsp3) is 0.647. The van der Waals surface area contributed by atoms with Gasteiger partial charge in [-0.1, -0.05) is 37.6 Å². The van der Waals surface area contributed by atoms with E-state index in [-0.39, 0.29) is 0 Å². The minimum absolute atomic E-state index is 0.439. The van der Waals surface area contributed by atoms with Crippen LogP contribution < -0.4 is 5.73 Å². The average Bonchev–Trinajstić information content (AvgIpc) is 2.41. The van der Waals surface area contributed by atoms with Crippen molar-refractivity contribution >= 4 is 0 Å². The lowest BCUT2D eigenvalue weighted by molar-refractivity contribution is 0.0245. The van der Waals surface area contributed by atoms with E-state index in [9.17, 15) is 0 Å². The molecular formula is C17H26N2. The fourth-order valence-corrected chi connectivity index (χ4v) is 3.87. The topological polar surface area (TPSA) is 29.3 Å². The van der Waals surface area contributed by atoms with Crippen molar-refractivity contribution in [3.05, 3.63) is 35.4 Å². The number of hydrogen-bond donors (Lipinski definition) is 1. The molecule has 2 atom stereocenters. The molecule has 2 bridgehead atoms. The molecule has 0 spiro atoms. The summed E-state index contributed by atoms with van der Waals surface area (Å²) >= 11 is 0. The van der Waals surface area contributed by atoms with E-state index in [2.05, 4.69) is 36.1 Å². The van der Waals surface area contributed by atoms with Crippen molar-refractivity contribution in [2.45, 2.75) is 70.1 Å². The van der Waals surface area contributed by atoms with Gasteiger partial charge in [0.2, 0.25) is 0 Å². The van der Waals surface area contributed by atoms with Gasteiger partial charge in [-0.25, -0.2) is 0 Å². The zero-order valence-electron chi connectivity index (χ0n) is 12.0. The number of fused-ring (bicyclic) bond motifs is 2. The lowest BCUT2D eigenvalue weighted by Crippen LogP contribution is -2.54. The molecule has 0 saturated carbocycles. The number of hydrogen-bond acceptors (Lipinski definition) is 2. The summed E-state index contributed by atoms with van der Waals surface area (Å²) in [5.74, 6) is 0. The molecule has 2 N–H and O–H groups in total. The summed E-state index contributed by atoms with van der Waals surface area (Å²) in [6, 6.07) is 11.1. The first-order valence-electron chi connectivity index (χ1n) is 7.85. The maximum atomic E-state index is 6.19. The van der Waals surface area contributed by atoms with E-state index in [1.54, 1.807) is 0 Å². The quantitative estimate of drug-likeness (QED) is 0.902. The second-order valence-electron chi connectivity index (χ2n) is 6.31. The second kappa shape index (κ2) is 5.64. The van der Waals surface area contributed by atoms with Crippen LogP contribution in [0.3, 0.4) is 0 Å². The highest BCUT2D eigenvalue weighted by Crippen LogP contribution is 2.34. The SMILES string of the molecule is CCc1ccc(CN2C3CCCC2CC(N)C3)cc1.